The van der Waals surface area contributed by atoms with Gasteiger partial charge in [0.2, 0.25) is 0 Å². The first-order chi connectivity index (χ1) is 13.1. The number of nitrogens with zero attached hydrogens (tertiary/aromatic N) is 5. The molecule has 1 aromatic carbocycles. The van der Waals surface area contributed by atoms with Crippen molar-refractivity contribution in [2.24, 2.45) is 0 Å². The van der Waals surface area contributed by atoms with E-state index in [4.69, 9.17) is 4.98 Å². The lowest BCUT2D eigenvalue weighted by Gasteiger charge is -2.14. The Kier molecular flexibility index (Phi) is 3.75. The molecule has 0 atom stereocenters. The Morgan fingerprint density at radius 3 is 2.89 bits per heavy atom. The first-order valence-corrected chi connectivity index (χ1v) is 9.90. The van der Waals surface area contributed by atoms with Crippen LogP contribution in [0.1, 0.15) is 35.8 Å². The molecule has 3 aromatic heterocycles. The van der Waals surface area contributed by atoms with E-state index in [1.165, 1.54) is 6.33 Å². The van der Waals surface area contributed by atoms with Crippen LogP contribution in [0.4, 0.5) is 0 Å². The molecule has 0 unspecified atom stereocenters. The van der Waals surface area contributed by atoms with E-state index >= 15 is 0 Å². The molecule has 8 heteroatoms. The topological polar surface area (TPSA) is 89.3 Å². The van der Waals surface area contributed by atoms with Gasteiger partial charge in [0.15, 0.2) is 5.65 Å². The minimum atomic E-state index is 0.0775. The summed E-state index contributed by atoms with van der Waals surface area (Å²) in [6.45, 7) is 4.03. The first kappa shape index (κ1) is 16.4. The summed E-state index contributed by atoms with van der Waals surface area (Å²) in [6, 6.07) is 4.24. The van der Waals surface area contributed by atoms with Crippen molar-refractivity contribution in [3.8, 4) is 0 Å². The number of benzene rings is 1. The van der Waals surface area contributed by atoms with E-state index in [1.807, 2.05) is 30.5 Å². The van der Waals surface area contributed by atoms with Crippen molar-refractivity contribution >= 4 is 33.8 Å². The molecule has 0 aliphatic heterocycles. The molecule has 1 aliphatic carbocycles. The van der Waals surface area contributed by atoms with Gasteiger partial charge in [0, 0.05) is 6.04 Å². The van der Waals surface area contributed by atoms with Gasteiger partial charge in [-0.25, -0.2) is 19.9 Å². The fourth-order valence-electron chi connectivity index (χ4n) is 3.39. The Hall–Kier alpha value is -2.74. The predicted octanol–water partition coefficient (Wildman–Crippen LogP) is 3.31. The SMILES string of the molecule is Cc1ccc2nc(CSc3ncnc4nc[nH]c34)n(C3CC3)c(=O)c2c1C. The van der Waals surface area contributed by atoms with Crippen LogP contribution in [0.5, 0.6) is 0 Å². The van der Waals surface area contributed by atoms with Gasteiger partial charge in [-0.2, -0.15) is 0 Å². The van der Waals surface area contributed by atoms with E-state index in [-0.39, 0.29) is 11.6 Å². The Bertz CT molecular complexity index is 1240. The molecule has 136 valence electrons. The summed E-state index contributed by atoms with van der Waals surface area (Å²) in [5, 5.41) is 1.56. The van der Waals surface area contributed by atoms with Gasteiger partial charge in [0.25, 0.3) is 5.56 Å². The van der Waals surface area contributed by atoms with E-state index in [2.05, 4.69) is 19.9 Å². The lowest BCUT2D eigenvalue weighted by Crippen LogP contribution is -2.25. The van der Waals surface area contributed by atoms with Crippen LogP contribution in [0.2, 0.25) is 0 Å². The zero-order valence-electron chi connectivity index (χ0n) is 15.1. The smallest absolute Gasteiger partial charge is 0.261 e. The van der Waals surface area contributed by atoms with Crippen molar-refractivity contribution in [1.82, 2.24) is 29.5 Å². The normalized spacial score (nSPS) is 14.3. The molecule has 0 saturated heterocycles. The third kappa shape index (κ3) is 2.71. The van der Waals surface area contributed by atoms with Gasteiger partial charge in [0.05, 0.1) is 23.0 Å². The van der Waals surface area contributed by atoms with Crippen molar-refractivity contribution in [2.75, 3.05) is 0 Å². The van der Waals surface area contributed by atoms with Gasteiger partial charge in [-0.1, -0.05) is 17.8 Å². The molecular weight excluding hydrogens is 360 g/mol. The highest BCUT2D eigenvalue weighted by molar-refractivity contribution is 7.98. The van der Waals surface area contributed by atoms with E-state index in [1.54, 1.807) is 18.1 Å². The molecular formula is C19H18N6OS. The largest absolute Gasteiger partial charge is 0.341 e. The molecule has 0 amide bonds. The lowest BCUT2D eigenvalue weighted by molar-refractivity contribution is 0.663. The lowest BCUT2D eigenvalue weighted by atomic mass is 10.1. The number of hydrogen-bond donors (Lipinski definition) is 1. The van der Waals surface area contributed by atoms with Crippen LogP contribution in [0, 0.1) is 13.8 Å². The third-order valence-corrected chi connectivity index (χ3v) is 6.10. The number of hydrogen-bond acceptors (Lipinski definition) is 6. The number of H-pyrrole nitrogens is 1. The molecule has 1 saturated carbocycles. The minimum absolute atomic E-state index is 0.0775. The number of rotatable bonds is 4. The number of thioether (sulfide) groups is 1. The number of aryl methyl sites for hydroxylation is 2. The second-order valence-corrected chi connectivity index (χ2v) is 7.87. The van der Waals surface area contributed by atoms with Crippen molar-refractivity contribution in [1.29, 1.82) is 0 Å². The molecule has 7 nitrogen and oxygen atoms in total. The van der Waals surface area contributed by atoms with Gasteiger partial charge >= 0.3 is 0 Å². The predicted molar refractivity (Wildman–Crippen MR) is 105 cm³/mol. The summed E-state index contributed by atoms with van der Waals surface area (Å²) in [5.74, 6) is 1.37. The van der Waals surface area contributed by atoms with Crippen LogP contribution in [-0.4, -0.2) is 29.5 Å². The maximum absolute atomic E-state index is 13.3. The van der Waals surface area contributed by atoms with Crippen LogP contribution in [-0.2, 0) is 5.75 Å². The Balaban J connectivity index is 1.60. The van der Waals surface area contributed by atoms with Gasteiger partial charge < -0.3 is 4.98 Å². The molecule has 0 spiro atoms. The molecule has 5 rings (SSSR count). The zero-order chi connectivity index (χ0) is 18.5. The molecule has 1 aliphatic rings. The third-order valence-electron chi connectivity index (χ3n) is 5.11. The summed E-state index contributed by atoms with van der Waals surface area (Å²) < 4.78 is 1.90. The molecule has 1 N–H and O–H groups in total. The molecule has 0 bridgehead atoms. The van der Waals surface area contributed by atoms with Gasteiger partial charge in [0.1, 0.15) is 22.7 Å². The standard InChI is InChI=1S/C19H18N6OS/c1-10-3-6-13-15(11(10)2)19(26)25(12-4-5-12)14(24-13)7-27-18-16-17(21-8-20-16)22-9-23-18/h3,6,8-9,12H,4-5,7H2,1-2H3,(H,20,21,22,23). The quantitative estimate of drug-likeness (QED) is 0.433. The molecule has 27 heavy (non-hydrogen) atoms. The van der Waals surface area contributed by atoms with E-state index in [9.17, 15) is 4.79 Å². The molecule has 1 fully saturated rings. The van der Waals surface area contributed by atoms with E-state index in [0.717, 1.165) is 51.2 Å². The highest BCUT2D eigenvalue weighted by Crippen LogP contribution is 2.36. The summed E-state index contributed by atoms with van der Waals surface area (Å²) in [4.78, 5) is 33.9. The maximum atomic E-state index is 13.3. The number of aromatic amines is 1. The number of aromatic nitrogens is 6. The average Bonchev–Trinajstić information content (AvgIpc) is 3.37. The number of nitrogens with one attached hydrogen (secondary N) is 1. The van der Waals surface area contributed by atoms with E-state index < -0.39 is 0 Å². The highest BCUT2D eigenvalue weighted by atomic mass is 32.2. The Labute approximate surface area is 159 Å². The fraction of sp³-hybridized carbons (Fsp3) is 0.316. The number of fused-ring (bicyclic) bond motifs is 2. The van der Waals surface area contributed by atoms with Crippen LogP contribution >= 0.6 is 11.8 Å². The van der Waals surface area contributed by atoms with Gasteiger partial charge in [-0.3, -0.25) is 9.36 Å². The monoisotopic (exact) mass is 378 g/mol. The second-order valence-electron chi connectivity index (χ2n) is 6.90. The summed E-state index contributed by atoms with van der Waals surface area (Å²) >= 11 is 1.55. The number of imidazole rings is 1. The molecule has 4 aromatic rings. The fourth-order valence-corrected chi connectivity index (χ4v) is 4.28. The second kappa shape index (κ2) is 6.16. The average molecular weight is 378 g/mol. The van der Waals surface area contributed by atoms with Crippen LogP contribution in [0.3, 0.4) is 0 Å². The summed E-state index contributed by atoms with van der Waals surface area (Å²) in [6.07, 6.45) is 5.20. The Morgan fingerprint density at radius 2 is 2.07 bits per heavy atom. The van der Waals surface area contributed by atoms with Crippen molar-refractivity contribution in [3.05, 3.63) is 52.1 Å². The summed E-state index contributed by atoms with van der Waals surface area (Å²) in [7, 11) is 0. The van der Waals surface area contributed by atoms with Crippen LogP contribution < -0.4 is 5.56 Å². The van der Waals surface area contributed by atoms with E-state index in [0.29, 0.717) is 11.4 Å². The maximum Gasteiger partial charge on any atom is 0.261 e. The highest BCUT2D eigenvalue weighted by Gasteiger charge is 2.29. The summed E-state index contributed by atoms with van der Waals surface area (Å²) in [5.41, 5.74) is 4.44. The van der Waals surface area contributed by atoms with Gasteiger partial charge in [-0.05, 0) is 43.9 Å². The minimum Gasteiger partial charge on any atom is -0.341 e. The molecule has 0 radical (unpaired) electrons. The van der Waals surface area contributed by atoms with Gasteiger partial charge in [-0.15, -0.1) is 0 Å². The first-order valence-electron chi connectivity index (χ1n) is 8.91. The Morgan fingerprint density at radius 1 is 1.22 bits per heavy atom. The van der Waals surface area contributed by atoms with Crippen molar-refractivity contribution < 1.29 is 0 Å². The van der Waals surface area contributed by atoms with Crippen molar-refractivity contribution in [3.63, 3.8) is 0 Å². The molecule has 3 heterocycles. The van der Waals surface area contributed by atoms with Crippen molar-refractivity contribution in [2.45, 2.75) is 43.5 Å². The van der Waals surface area contributed by atoms with Crippen LogP contribution in [0.15, 0.2) is 34.6 Å². The van der Waals surface area contributed by atoms with Crippen LogP contribution in [0.25, 0.3) is 22.1 Å². The zero-order valence-corrected chi connectivity index (χ0v) is 15.9.